The maximum atomic E-state index is 12.4. The molecule has 10 heteroatoms. The van der Waals surface area contributed by atoms with Gasteiger partial charge in [0.15, 0.2) is 5.13 Å². The van der Waals surface area contributed by atoms with Crippen LogP contribution in [0.25, 0.3) is 11.3 Å². The van der Waals surface area contributed by atoms with Crippen molar-refractivity contribution in [3.63, 3.8) is 0 Å². The summed E-state index contributed by atoms with van der Waals surface area (Å²) in [5.74, 6) is -0.986. The van der Waals surface area contributed by atoms with Crippen molar-refractivity contribution < 1.29 is 27.5 Å². The molecule has 0 spiro atoms. The summed E-state index contributed by atoms with van der Waals surface area (Å²) in [6.07, 6.45) is -3.63. The number of hydrogen-bond acceptors (Lipinski definition) is 5. The van der Waals surface area contributed by atoms with E-state index in [-0.39, 0.29) is 11.5 Å². The van der Waals surface area contributed by atoms with Crippen molar-refractivity contribution in [3.8, 4) is 17.0 Å². The number of benzene rings is 2. The number of aromatic nitrogens is 1. The van der Waals surface area contributed by atoms with Crippen molar-refractivity contribution in [2.75, 3.05) is 16.8 Å². The van der Waals surface area contributed by atoms with E-state index in [1.165, 1.54) is 23.5 Å². The van der Waals surface area contributed by atoms with Crippen LogP contribution >= 0.6 is 11.3 Å². The topological polar surface area (TPSA) is 71.5 Å². The number of halogens is 3. The highest BCUT2D eigenvalue weighted by atomic mass is 32.1. The third-order valence-corrected chi connectivity index (χ3v) is 5.69. The van der Waals surface area contributed by atoms with Crippen LogP contribution in [0.2, 0.25) is 0 Å². The van der Waals surface area contributed by atoms with Crippen molar-refractivity contribution in [3.05, 3.63) is 59.0 Å². The van der Waals surface area contributed by atoms with E-state index in [0.717, 1.165) is 35.4 Å². The van der Waals surface area contributed by atoms with E-state index in [1.54, 1.807) is 10.3 Å². The predicted molar refractivity (Wildman–Crippen MR) is 115 cm³/mol. The number of nitrogens with zero attached hydrogens (tertiary/aromatic N) is 2. The number of thiazole rings is 1. The molecule has 0 radical (unpaired) electrons. The van der Waals surface area contributed by atoms with Crippen LogP contribution in [0.4, 0.5) is 24.0 Å². The zero-order valence-corrected chi connectivity index (χ0v) is 17.7. The van der Waals surface area contributed by atoms with Crippen LogP contribution in [0.5, 0.6) is 5.75 Å². The fourth-order valence-electron chi connectivity index (χ4n) is 3.48. The van der Waals surface area contributed by atoms with Crippen LogP contribution in [0.15, 0.2) is 47.8 Å². The molecule has 0 bridgehead atoms. The van der Waals surface area contributed by atoms with E-state index in [0.29, 0.717) is 23.8 Å². The van der Waals surface area contributed by atoms with Gasteiger partial charge in [-0.25, -0.2) is 4.98 Å². The molecule has 0 saturated heterocycles. The number of fused-ring (bicyclic) bond motifs is 1. The number of anilines is 2. The lowest BCUT2D eigenvalue weighted by Gasteiger charge is -2.16. The molecule has 0 atom stereocenters. The van der Waals surface area contributed by atoms with Crippen molar-refractivity contribution in [2.45, 2.75) is 26.1 Å². The first-order valence-electron chi connectivity index (χ1n) is 9.80. The average molecular weight is 461 g/mol. The van der Waals surface area contributed by atoms with E-state index in [1.807, 2.05) is 25.1 Å². The second kappa shape index (κ2) is 8.62. The highest BCUT2D eigenvalue weighted by molar-refractivity contribution is 7.14. The molecular weight excluding hydrogens is 443 g/mol. The Bertz CT molecular complexity index is 1180. The van der Waals surface area contributed by atoms with Crippen molar-refractivity contribution >= 4 is 34.0 Å². The van der Waals surface area contributed by atoms with Gasteiger partial charge in [0.25, 0.3) is 5.91 Å². The molecule has 0 fully saturated rings. The van der Waals surface area contributed by atoms with Crippen LogP contribution in [0, 0.1) is 0 Å². The maximum Gasteiger partial charge on any atom is 0.573 e. The molecule has 0 aliphatic carbocycles. The Balaban J connectivity index is 1.48. The lowest BCUT2D eigenvalue weighted by molar-refractivity contribution is -0.274. The SMILES string of the molecule is CCC(=O)N1CCc2cc(-c3csc(NC(=O)c4cccc(OC(F)(F)F)c4)n3)ccc21. The number of alkyl halides is 3. The summed E-state index contributed by atoms with van der Waals surface area (Å²) in [6, 6.07) is 10.6. The molecule has 2 heterocycles. The van der Waals surface area contributed by atoms with Gasteiger partial charge < -0.3 is 9.64 Å². The van der Waals surface area contributed by atoms with Gasteiger partial charge in [0.05, 0.1) is 5.69 Å². The van der Waals surface area contributed by atoms with Crippen molar-refractivity contribution in [2.24, 2.45) is 0 Å². The second-order valence-corrected chi connectivity index (χ2v) is 7.92. The van der Waals surface area contributed by atoms with Gasteiger partial charge in [0, 0.05) is 35.2 Å². The van der Waals surface area contributed by atoms with Crippen molar-refractivity contribution in [1.82, 2.24) is 4.98 Å². The van der Waals surface area contributed by atoms with Crippen LogP contribution < -0.4 is 15.0 Å². The normalized spacial score (nSPS) is 13.1. The summed E-state index contributed by atoms with van der Waals surface area (Å²) in [5, 5.41) is 4.70. The number of carbonyl (C=O) groups excluding carboxylic acids is 2. The molecule has 2 amide bonds. The fraction of sp³-hybridized carbons (Fsp3) is 0.227. The summed E-state index contributed by atoms with van der Waals surface area (Å²) in [6.45, 7) is 2.49. The number of carbonyl (C=O) groups is 2. The molecule has 1 aliphatic rings. The molecule has 1 N–H and O–H groups in total. The Labute approximate surface area is 185 Å². The number of nitrogens with one attached hydrogen (secondary N) is 1. The van der Waals surface area contributed by atoms with Crippen LogP contribution in [0.1, 0.15) is 29.3 Å². The van der Waals surface area contributed by atoms with Gasteiger partial charge in [-0.2, -0.15) is 0 Å². The lowest BCUT2D eigenvalue weighted by atomic mass is 10.1. The van der Waals surface area contributed by atoms with Gasteiger partial charge in [-0.05, 0) is 42.3 Å². The summed E-state index contributed by atoms with van der Waals surface area (Å²) < 4.78 is 41.0. The van der Waals surface area contributed by atoms with Crippen LogP contribution in [0.3, 0.4) is 0 Å². The number of ether oxygens (including phenoxy) is 1. The van der Waals surface area contributed by atoms with E-state index in [2.05, 4.69) is 15.0 Å². The zero-order chi connectivity index (χ0) is 22.9. The summed E-state index contributed by atoms with van der Waals surface area (Å²) >= 11 is 1.21. The third kappa shape index (κ3) is 4.75. The molecule has 1 aromatic heterocycles. The number of hydrogen-bond donors (Lipinski definition) is 1. The molecule has 0 saturated carbocycles. The lowest BCUT2D eigenvalue weighted by Crippen LogP contribution is -2.27. The molecule has 2 aromatic carbocycles. The Hall–Kier alpha value is -3.40. The minimum absolute atomic E-state index is 0.0155. The second-order valence-electron chi connectivity index (χ2n) is 7.06. The highest BCUT2D eigenvalue weighted by Crippen LogP contribution is 2.34. The van der Waals surface area contributed by atoms with E-state index < -0.39 is 18.0 Å². The molecule has 3 aromatic rings. The highest BCUT2D eigenvalue weighted by Gasteiger charge is 2.31. The summed E-state index contributed by atoms with van der Waals surface area (Å²) in [7, 11) is 0. The minimum atomic E-state index is -4.84. The summed E-state index contributed by atoms with van der Waals surface area (Å²) in [4.78, 5) is 30.7. The Kier molecular flexibility index (Phi) is 5.88. The Morgan fingerprint density at radius 3 is 2.78 bits per heavy atom. The van der Waals surface area contributed by atoms with Gasteiger partial charge in [-0.15, -0.1) is 24.5 Å². The minimum Gasteiger partial charge on any atom is -0.406 e. The molecule has 166 valence electrons. The van der Waals surface area contributed by atoms with Gasteiger partial charge >= 0.3 is 6.36 Å². The molecule has 0 unspecified atom stereocenters. The maximum absolute atomic E-state index is 12.4. The zero-order valence-electron chi connectivity index (χ0n) is 16.9. The van der Waals surface area contributed by atoms with Crippen LogP contribution in [-0.2, 0) is 11.2 Å². The van der Waals surface area contributed by atoms with Crippen molar-refractivity contribution in [1.29, 1.82) is 0 Å². The predicted octanol–water partition coefficient (Wildman–Crippen LogP) is 5.26. The van der Waals surface area contributed by atoms with Gasteiger partial charge in [-0.3, -0.25) is 14.9 Å². The van der Waals surface area contributed by atoms with Crippen LogP contribution in [-0.4, -0.2) is 29.7 Å². The first-order chi connectivity index (χ1) is 15.2. The summed E-state index contributed by atoms with van der Waals surface area (Å²) in [5.41, 5.74) is 3.49. The molecule has 1 aliphatic heterocycles. The molecule has 6 nitrogen and oxygen atoms in total. The van der Waals surface area contributed by atoms with E-state index in [9.17, 15) is 22.8 Å². The van der Waals surface area contributed by atoms with Gasteiger partial charge in [0.1, 0.15) is 5.75 Å². The third-order valence-electron chi connectivity index (χ3n) is 4.93. The Morgan fingerprint density at radius 2 is 2.03 bits per heavy atom. The largest absolute Gasteiger partial charge is 0.573 e. The fourth-order valence-corrected chi connectivity index (χ4v) is 4.19. The quantitative estimate of drug-likeness (QED) is 0.563. The monoisotopic (exact) mass is 461 g/mol. The van der Waals surface area contributed by atoms with Gasteiger partial charge in [0.2, 0.25) is 5.91 Å². The average Bonchev–Trinajstić information content (AvgIpc) is 3.38. The number of rotatable bonds is 5. The molecule has 32 heavy (non-hydrogen) atoms. The Morgan fingerprint density at radius 1 is 1.22 bits per heavy atom. The standard InChI is InChI=1S/C22H18F3N3O3S/c1-2-19(29)28-9-8-14-10-13(6-7-18(14)28)17-12-32-21(26-17)27-20(30)15-4-3-5-16(11-15)31-22(23,24)25/h3-7,10-12H,2,8-9H2,1H3,(H,26,27,30). The molecule has 4 rings (SSSR count). The first kappa shape index (κ1) is 21.8. The van der Waals surface area contributed by atoms with E-state index in [4.69, 9.17) is 0 Å². The first-order valence-corrected chi connectivity index (χ1v) is 10.7. The number of amides is 2. The van der Waals surface area contributed by atoms with E-state index >= 15 is 0 Å². The van der Waals surface area contributed by atoms with Gasteiger partial charge in [-0.1, -0.05) is 19.1 Å². The smallest absolute Gasteiger partial charge is 0.406 e. The molecular formula is C22H18F3N3O3S.